The normalized spacial score (nSPS) is 11.5. The lowest BCUT2D eigenvalue weighted by molar-refractivity contribution is 0.557. The molecule has 0 spiro atoms. The smallest absolute Gasteiger partial charge is 0.211 e. The van der Waals surface area contributed by atoms with Crippen LogP contribution in [0.2, 0.25) is 0 Å². The molecule has 0 aliphatic heterocycles. The fourth-order valence-electron chi connectivity index (χ4n) is 1.81. The van der Waals surface area contributed by atoms with Gasteiger partial charge in [0, 0.05) is 0 Å². The van der Waals surface area contributed by atoms with Crippen molar-refractivity contribution in [3.63, 3.8) is 0 Å². The zero-order valence-electron chi connectivity index (χ0n) is 9.41. The Hall–Kier alpha value is -2.18. The molecule has 0 radical (unpaired) electrons. The van der Waals surface area contributed by atoms with Gasteiger partial charge in [-0.3, -0.25) is 0 Å². The number of aliphatic imine (C=N–C) groups is 1. The fraction of sp³-hybridized carbons (Fsp3) is 0.133. The maximum atomic E-state index is 10.5. The van der Waals surface area contributed by atoms with Crippen molar-refractivity contribution in [2.75, 3.05) is 0 Å². The lowest BCUT2D eigenvalue weighted by Gasteiger charge is -2.10. The number of hydrogen-bond donors (Lipinski definition) is 0. The van der Waals surface area contributed by atoms with Crippen LogP contribution >= 0.6 is 0 Å². The first-order valence-corrected chi connectivity index (χ1v) is 5.56. The Bertz CT molecular complexity index is 501. The summed E-state index contributed by atoms with van der Waals surface area (Å²) >= 11 is 0. The van der Waals surface area contributed by atoms with Crippen molar-refractivity contribution in [3.8, 4) is 0 Å². The van der Waals surface area contributed by atoms with Crippen LogP contribution in [0.15, 0.2) is 65.7 Å². The molecule has 2 aromatic rings. The monoisotopic (exact) mass is 223 g/mol. The zero-order valence-corrected chi connectivity index (χ0v) is 9.41. The number of hydrogen-bond acceptors (Lipinski definition) is 2. The van der Waals surface area contributed by atoms with Crippen LogP contribution in [-0.4, -0.2) is 6.08 Å². The van der Waals surface area contributed by atoms with Gasteiger partial charge in [0.1, 0.15) is 0 Å². The molecule has 17 heavy (non-hydrogen) atoms. The summed E-state index contributed by atoms with van der Waals surface area (Å²) in [6.07, 6.45) is 2.38. The molecular formula is C15H13NO. The van der Waals surface area contributed by atoms with Crippen molar-refractivity contribution < 1.29 is 4.79 Å². The first kappa shape index (κ1) is 11.3. The average molecular weight is 223 g/mol. The second-order valence-corrected chi connectivity index (χ2v) is 3.84. The van der Waals surface area contributed by atoms with Crippen LogP contribution in [0.1, 0.15) is 17.2 Å². The summed E-state index contributed by atoms with van der Waals surface area (Å²) in [7, 11) is 0. The Kier molecular flexibility index (Phi) is 3.85. The molecule has 0 bridgehead atoms. The molecule has 0 saturated heterocycles. The Morgan fingerprint density at radius 2 is 1.53 bits per heavy atom. The van der Waals surface area contributed by atoms with Crippen molar-refractivity contribution in [1.29, 1.82) is 0 Å². The van der Waals surface area contributed by atoms with E-state index >= 15 is 0 Å². The van der Waals surface area contributed by atoms with Gasteiger partial charge in [0.15, 0.2) is 0 Å². The second kappa shape index (κ2) is 5.78. The molecule has 0 saturated carbocycles. The zero-order chi connectivity index (χ0) is 11.9. The minimum Gasteiger partial charge on any atom is -0.211 e. The number of nitrogens with zero attached hydrogens (tertiary/aromatic N) is 1. The second-order valence-electron chi connectivity index (χ2n) is 3.84. The molecule has 84 valence electrons. The highest BCUT2D eigenvalue weighted by Crippen LogP contribution is 2.21. The van der Waals surface area contributed by atoms with Gasteiger partial charge in [-0.1, -0.05) is 60.7 Å². The third kappa shape index (κ3) is 3.13. The quantitative estimate of drug-likeness (QED) is 0.577. The summed E-state index contributed by atoms with van der Waals surface area (Å²) in [5.41, 5.74) is 2.21. The van der Waals surface area contributed by atoms with Crippen molar-refractivity contribution >= 4 is 6.08 Å². The number of isocyanates is 1. The highest BCUT2D eigenvalue weighted by Gasteiger charge is 2.10. The number of rotatable bonds is 4. The highest BCUT2D eigenvalue weighted by atomic mass is 16.1. The molecule has 2 aromatic carbocycles. The van der Waals surface area contributed by atoms with Gasteiger partial charge in [0.2, 0.25) is 6.08 Å². The Balaban J connectivity index is 2.22. The first-order chi connectivity index (χ1) is 8.40. The molecule has 2 nitrogen and oxygen atoms in total. The van der Waals surface area contributed by atoms with Gasteiger partial charge in [-0.15, -0.1) is 0 Å². The van der Waals surface area contributed by atoms with Crippen LogP contribution in [0.3, 0.4) is 0 Å². The largest absolute Gasteiger partial charge is 0.235 e. The predicted molar refractivity (Wildman–Crippen MR) is 67.5 cm³/mol. The molecule has 1 atom stereocenters. The van der Waals surface area contributed by atoms with Crippen LogP contribution in [0.25, 0.3) is 0 Å². The van der Waals surface area contributed by atoms with E-state index in [2.05, 4.69) is 4.99 Å². The van der Waals surface area contributed by atoms with Gasteiger partial charge in [0.05, 0.1) is 6.04 Å². The summed E-state index contributed by atoms with van der Waals surface area (Å²) in [6.45, 7) is 0. The highest BCUT2D eigenvalue weighted by molar-refractivity contribution is 5.36. The van der Waals surface area contributed by atoms with E-state index in [-0.39, 0.29) is 6.04 Å². The van der Waals surface area contributed by atoms with Crippen LogP contribution in [0.5, 0.6) is 0 Å². The number of carbonyl (C=O) groups excluding carboxylic acids is 1. The summed E-state index contributed by atoms with van der Waals surface area (Å²) in [5.74, 6) is 0. The molecule has 0 N–H and O–H groups in total. The molecule has 0 aliphatic rings. The molecule has 0 aliphatic carbocycles. The average Bonchev–Trinajstić information content (AvgIpc) is 2.40. The van der Waals surface area contributed by atoms with E-state index in [9.17, 15) is 4.79 Å². The minimum atomic E-state index is -0.143. The van der Waals surface area contributed by atoms with E-state index in [4.69, 9.17) is 0 Å². The fourth-order valence-corrected chi connectivity index (χ4v) is 1.81. The standard InChI is InChI=1S/C15H13NO/c17-12-16-15(14-9-5-2-6-10-14)11-13-7-3-1-4-8-13/h1-10,15H,11H2. The van der Waals surface area contributed by atoms with Crippen molar-refractivity contribution in [2.45, 2.75) is 12.5 Å². The van der Waals surface area contributed by atoms with Gasteiger partial charge in [0.25, 0.3) is 0 Å². The molecule has 0 heterocycles. The van der Waals surface area contributed by atoms with E-state index in [0.717, 1.165) is 12.0 Å². The molecule has 0 aromatic heterocycles. The lowest BCUT2D eigenvalue weighted by atomic mass is 10.00. The van der Waals surface area contributed by atoms with E-state index in [1.54, 1.807) is 6.08 Å². The van der Waals surface area contributed by atoms with Crippen molar-refractivity contribution in [2.24, 2.45) is 4.99 Å². The van der Waals surface area contributed by atoms with Crippen molar-refractivity contribution in [1.82, 2.24) is 0 Å². The first-order valence-electron chi connectivity index (χ1n) is 5.56. The summed E-state index contributed by atoms with van der Waals surface area (Å²) in [4.78, 5) is 14.4. The summed E-state index contributed by atoms with van der Waals surface area (Å²) in [6, 6.07) is 19.7. The third-order valence-electron chi connectivity index (χ3n) is 2.66. The molecule has 1 unspecified atom stereocenters. The topological polar surface area (TPSA) is 29.4 Å². The molecule has 2 heteroatoms. The van der Waals surface area contributed by atoms with Gasteiger partial charge in [-0.05, 0) is 17.5 Å². The van der Waals surface area contributed by atoms with Gasteiger partial charge in [-0.2, -0.15) is 4.99 Å². The molecule has 2 rings (SSSR count). The Morgan fingerprint density at radius 1 is 0.941 bits per heavy atom. The Labute approximate surface area is 101 Å². The lowest BCUT2D eigenvalue weighted by Crippen LogP contribution is -1.99. The van der Waals surface area contributed by atoms with E-state index in [0.29, 0.717) is 0 Å². The van der Waals surface area contributed by atoms with Crippen LogP contribution in [0, 0.1) is 0 Å². The van der Waals surface area contributed by atoms with Gasteiger partial charge < -0.3 is 0 Å². The maximum Gasteiger partial charge on any atom is 0.235 e. The van der Waals surface area contributed by atoms with E-state index in [1.807, 2.05) is 60.7 Å². The minimum absolute atomic E-state index is 0.143. The van der Waals surface area contributed by atoms with E-state index < -0.39 is 0 Å². The van der Waals surface area contributed by atoms with Crippen molar-refractivity contribution in [3.05, 3.63) is 71.8 Å². The van der Waals surface area contributed by atoms with E-state index in [1.165, 1.54) is 5.56 Å². The molecule has 0 amide bonds. The number of benzene rings is 2. The van der Waals surface area contributed by atoms with Crippen LogP contribution < -0.4 is 0 Å². The summed E-state index contributed by atoms with van der Waals surface area (Å²) in [5, 5.41) is 0. The Morgan fingerprint density at radius 3 is 2.12 bits per heavy atom. The van der Waals surface area contributed by atoms with Gasteiger partial charge >= 0.3 is 0 Å². The molecule has 0 fully saturated rings. The van der Waals surface area contributed by atoms with Gasteiger partial charge in [-0.25, -0.2) is 4.79 Å². The van der Waals surface area contributed by atoms with Crippen LogP contribution in [0.4, 0.5) is 0 Å². The third-order valence-corrected chi connectivity index (χ3v) is 2.66. The summed E-state index contributed by atoms with van der Waals surface area (Å²) < 4.78 is 0. The molecular weight excluding hydrogens is 210 g/mol. The SMILES string of the molecule is O=C=NC(Cc1ccccc1)c1ccccc1. The predicted octanol–water partition coefficient (Wildman–Crippen LogP) is 3.31. The maximum absolute atomic E-state index is 10.5. The van der Waals surface area contributed by atoms with Crippen LogP contribution in [-0.2, 0) is 11.2 Å².